The van der Waals surface area contributed by atoms with E-state index >= 15 is 0 Å². The molecule has 0 bridgehead atoms. The van der Waals surface area contributed by atoms with E-state index in [1.807, 2.05) is 6.20 Å². The van der Waals surface area contributed by atoms with E-state index in [4.69, 9.17) is 0 Å². The fraction of sp³-hybridized carbons (Fsp3) is 0.800. The van der Waals surface area contributed by atoms with Gasteiger partial charge in [-0.2, -0.15) is 5.10 Å². The Labute approximate surface area is 124 Å². The summed E-state index contributed by atoms with van der Waals surface area (Å²) in [6, 6.07) is 0.418. The second-order valence-electron chi connectivity index (χ2n) is 6.36. The predicted molar refractivity (Wildman–Crippen MR) is 81.2 cm³/mol. The number of rotatable bonds is 3. The molecule has 0 radical (unpaired) electrons. The SMILES string of the molecule is CC(C)n1ncc(Br)c1C1(C2CC2)CCCCCN1. The first-order valence-corrected chi connectivity index (χ1v) is 8.43. The zero-order valence-electron chi connectivity index (χ0n) is 12.0. The summed E-state index contributed by atoms with van der Waals surface area (Å²) in [7, 11) is 0. The third kappa shape index (κ3) is 2.38. The van der Waals surface area contributed by atoms with E-state index in [1.54, 1.807) is 0 Å². The summed E-state index contributed by atoms with van der Waals surface area (Å²) in [6.07, 6.45) is 9.96. The van der Waals surface area contributed by atoms with Crippen LogP contribution >= 0.6 is 15.9 Å². The zero-order valence-corrected chi connectivity index (χ0v) is 13.5. The van der Waals surface area contributed by atoms with Crippen LogP contribution in [-0.4, -0.2) is 16.3 Å². The quantitative estimate of drug-likeness (QED) is 0.910. The molecule has 3 nitrogen and oxygen atoms in total. The lowest BCUT2D eigenvalue weighted by atomic mass is 9.84. The van der Waals surface area contributed by atoms with Crippen LogP contribution in [0.5, 0.6) is 0 Å². The van der Waals surface area contributed by atoms with E-state index in [0.29, 0.717) is 6.04 Å². The zero-order chi connectivity index (χ0) is 13.5. The van der Waals surface area contributed by atoms with Crippen molar-refractivity contribution in [2.45, 2.75) is 64.0 Å². The molecule has 0 amide bonds. The first-order valence-electron chi connectivity index (χ1n) is 7.63. The van der Waals surface area contributed by atoms with Gasteiger partial charge in [0.15, 0.2) is 0 Å². The maximum absolute atomic E-state index is 4.61. The van der Waals surface area contributed by atoms with Gasteiger partial charge in [0.2, 0.25) is 0 Å². The number of aromatic nitrogens is 2. The highest BCUT2D eigenvalue weighted by atomic mass is 79.9. The van der Waals surface area contributed by atoms with Gasteiger partial charge in [-0.3, -0.25) is 4.68 Å². The smallest absolute Gasteiger partial charge is 0.0732 e. The molecule has 1 aliphatic heterocycles. The molecule has 3 rings (SSSR count). The summed E-state index contributed by atoms with van der Waals surface area (Å²) in [5.41, 5.74) is 1.56. The van der Waals surface area contributed by atoms with Crippen molar-refractivity contribution in [2.75, 3.05) is 6.54 Å². The number of hydrogen-bond acceptors (Lipinski definition) is 2. The highest BCUT2D eigenvalue weighted by Crippen LogP contribution is 2.51. The Hall–Kier alpha value is -0.350. The third-order valence-corrected chi connectivity index (χ3v) is 5.21. The Kier molecular flexibility index (Phi) is 3.73. The van der Waals surface area contributed by atoms with Crippen LogP contribution in [0.1, 0.15) is 64.1 Å². The molecule has 1 N–H and O–H groups in total. The Morgan fingerprint density at radius 1 is 1.37 bits per heavy atom. The molecule has 0 spiro atoms. The third-order valence-electron chi connectivity index (χ3n) is 4.63. The summed E-state index contributed by atoms with van der Waals surface area (Å²) in [6.45, 7) is 5.59. The second kappa shape index (κ2) is 5.21. The van der Waals surface area contributed by atoms with E-state index in [2.05, 4.69) is 44.9 Å². The van der Waals surface area contributed by atoms with Crippen molar-refractivity contribution >= 4 is 15.9 Å². The number of hydrogen-bond donors (Lipinski definition) is 1. The van der Waals surface area contributed by atoms with Crippen LogP contribution in [0.25, 0.3) is 0 Å². The Morgan fingerprint density at radius 2 is 2.16 bits per heavy atom. The van der Waals surface area contributed by atoms with Gasteiger partial charge in [0.25, 0.3) is 0 Å². The van der Waals surface area contributed by atoms with Gasteiger partial charge >= 0.3 is 0 Å². The molecule has 2 heterocycles. The fourth-order valence-corrected chi connectivity index (χ4v) is 4.20. The highest BCUT2D eigenvalue weighted by molar-refractivity contribution is 9.10. The monoisotopic (exact) mass is 325 g/mol. The van der Waals surface area contributed by atoms with Gasteiger partial charge in [0, 0.05) is 6.04 Å². The standard InChI is InChI=1S/C15H24BrN3/c1-11(2)19-14(13(16)10-18-19)15(12-6-7-12)8-4-3-5-9-17-15/h10-12,17H,3-9H2,1-2H3. The van der Waals surface area contributed by atoms with E-state index in [0.717, 1.165) is 12.5 Å². The minimum atomic E-state index is 0.163. The minimum Gasteiger partial charge on any atom is -0.306 e. The van der Waals surface area contributed by atoms with Crippen molar-refractivity contribution in [1.29, 1.82) is 0 Å². The average molecular weight is 326 g/mol. The van der Waals surface area contributed by atoms with Crippen LogP contribution in [0.15, 0.2) is 10.7 Å². The molecule has 1 aliphatic carbocycles. The van der Waals surface area contributed by atoms with Crippen LogP contribution < -0.4 is 5.32 Å². The molecule has 4 heteroatoms. The summed E-state index contributed by atoms with van der Waals surface area (Å²) in [5.74, 6) is 0.802. The summed E-state index contributed by atoms with van der Waals surface area (Å²) >= 11 is 3.75. The highest BCUT2D eigenvalue weighted by Gasteiger charge is 2.49. The molecule has 106 valence electrons. The lowest BCUT2D eigenvalue weighted by molar-refractivity contribution is 0.250. The van der Waals surface area contributed by atoms with E-state index < -0.39 is 0 Å². The molecule has 1 saturated heterocycles. The van der Waals surface area contributed by atoms with Gasteiger partial charge in [-0.05, 0) is 67.9 Å². The van der Waals surface area contributed by atoms with Gasteiger partial charge in [-0.1, -0.05) is 12.8 Å². The van der Waals surface area contributed by atoms with Crippen molar-refractivity contribution in [3.63, 3.8) is 0 Å². The molecule has 19 heavy (non-hydrogen) atoms. The lowest BCUT2D eigenvalue weighted by Crippen LogP contribution is -2.46. The molecular weight excluding hydrogens is 302 g/mol. The van der Waals surface area contributed by atoms with Crippen molar-refractivity contribution in [1.82, 2.24) is 15.1 Å². The molecule has 1 unspecified atom stereocenters. The molecular formula is C15H24BrN3. The average Bonchev–Trinajstić information content (AvgIpc) is 3.16. The summed E-state index contributed by atoms with van der Waals surface area (Å²) in [5, 5.41) is 8.51. The van der Waals surface area contributed by atoms with Crippen molar-refractivity contribution < 1.29 is 0 Å². The first kappa shape index (κ1) is 13.6. The van der Waals surface area contributed by atoms with E-state index in [9.17, 15) is 0 Å². The number of nitrogens with zero attached hydrogens (tertiary/aromatic N) is 2. The van der Waals surface area contributed by atoms with Gasteiger partial charge in [0.1, 0.15) is 0 Å². The second-order valence-corrected chi connectivity index (χ2v) is 7.22. The predicted octanol–water partition coefficient (Wildman–Crippen LogP) is 4.00. The molecule has 0 aromatic carbocycles. The van der Waals surface area contributed by atoms with Crippen molar-refractivity contribution in [3.05, 3.63) is 16.4 Å². The van der Waals surface area contributed by atoms with Crippen LogP contribution in [0.2, 0.25) is 0 Å². The minimum absolute atomic E-state index is 0.163. The van der Waals surface area contributed by atoms with Crippen LogP contribution in [0.4, 0.5) is 0 Å². The first-order chi connectivity index (χ1) is 9.15. The Balaban J connectivity index is 2.06. The van der Waals surface area contributed by atoms with Crippen molar-refractivity contribution in [2.24, 2.45) is 5.92 Å². The summed E-state index contributed by atoms with van der Waals surface area (Å²) < 4.78 is 3.41. The maximum Gasteiger partial charge on any atom is 0.0732 e. The Bertz CT molecular complexity index is 440. The molecule has 1 saturated carbocycles. The fourth-order valence-electron chi connectivity index (χ4n) is 3.58. The molecule has 1 aromatic heterocycles. The molecule has 2 fully saturated rings. The maximum atomic E-state index is 4.61. The molecule has 1 aromatic rings. The van der Waals surface area contributed by atoms with E-state index in [1.165, 1.54) is 48.7 Å². The normalized spacial score (nSPS) is 28.6. The Morgan fingerprint density at radius 3 is 2.84 bits per heavy atom. The van der Waals surface area contributed by atoms with Gasteiger partial charge in [-0.15, -0.1) is 0 Å². The van der Waals surface area contributed by atoms with Crippen LogP contribution in [-0.2, 0) is 5.54 Å². The topological polar surface area (TPSA) is 29.9 Å². The van der Waals surface area contributed by atoms with Gasteiger partial charge < -0.3 is 5.32 Å². The van der Waals surface area contributed by atoms with Crippen LogP contribution in [0.3, 0.4) is 0 Å². The molecule has 2 aliphatic rings. The largest absolute Gasteiger partial charge is 0.306 e. The van der Waals surface area contributed by atoms with Crippen molar-refractivity contribution in [3.8, 4) is 0 Å². The van der Waals surface area contributed by atoms with Gasteiger partial charge in [-0.25, -0.2) is 0 Å². The van der Waals surface area contributed by atoms with Gasteiger partial charge in [0.05, 0.1) is 21.9 Å². The number of nitrogens with one attached hydrogen (secondary N) is 1. The summed E-state index contributed by atoms with van der Waals surface area (Å²) in [4.78, 5) is 0. The number of halogens is 1. The lowest BCUT2D eigenvalue weighted by Gasteiger charge is -2.36. The van der Waals surface area contributed by atoms with E-state index in [-0.39, 0.29) is 5.54 Å². The molecule has 1 atom stereocenters. The van der Waals surface area contributed by atoms with Crippen LogP contribution in [0, 0.1) is 5.92 Å².